The zero-order valence-corrected chi connectivity index (χ0v) is 13.3. The molecule has 0 aromatic heterocycles. The van der Waals surface area contributed by atoms with Crippen LogP contribution in [0.25, 0.3) is 11.1 Å². The fourth-order valence-electron chi connectivity index (χ4n) is 2.53. The lowest BCUT2D eigenvalue weighted by atomic mass is 10.0. The second-order valence-electron chi connectivity index (χ2n) is 5.52. The smallest absolute Gasteiger partial charge is 0.162 e. The largest absolute Gasteiger partial charge is 0.488 e. The molecule has 0 aliphatic heterocycles. The summed E-state index contributed by atoms with van der Waals surface area (Å²) < 4.78 is 19.7. The summed E-state index contributed by atoms with van der Waals surface area (Å²) in [5, 5.41) is 0. The molecule has 0 spiro atoms. The molecule has 3 aromatic rings. The van der Waals surface area contributed by atoms with E-state index >= 15 is 0 Å². The average molecular weight is 320 g/mol. The second kappa shape index (κ2) is 7.09. The molecule has 0 N–H and O–H groups in total. The Morgan fingerprint density at radius 2 is 1.67 bits per heavy atom. The van der Waals surface area contributed by atoms with Gasteiger partial charge in [0, 0.05) is 5.56 Å². The predicted molar refractivity (Wildman–Crippen MR) is 92.6 cm³/mol. The van der Waals surface area contributed by atoms with Crippen LogP contribution in [0.1, 0.15) is 22.8 Å². The van der Waals surface area contributed by atoms with Crippen molar-refractivity contribution in [3.63, 3.8) is 0 Å². The molecule has 0 aliphatic rings. The number of para-hydroxylation sites is 1. The van der Waals surface area contributed by atoms with Gasteiger partial charge in [-0.1, -0.05) is 54.6 Å². The second-order valence-corrected chi connectivity index (χ2v) is 5.52. The maximum Gasteiger partial charge on any atom is 0.162 e. The summed E-state index contributed by atoms with van der Waals surface area (Å²) in [6, 6.07) is 22.0. The Morgan fingerprint density at radius 3 is 2.42 bits per heavy atom. The molecule has 0 aliphatic carbocycles. The minimum absolute atomic E-state index is 0.0883. The molecular formula is C21H17FO2. The molecule has 120 valence electrons. The summed E-state index contributed by atoms with van der Waals surface area (Å²) >= 11 is 0. The molecular weight excluding hydrogens is 303 g/mol. The van der Waals surface area contributed by atoms with Crippen molar-refractivity contribution in [3.05, 3.63) is 89.7 Å². The molecule has 3 aromatic carbocycles. The van der Waals surface area contributed by atoms with Crippen LogP contribution in [-0.2, 0) is 6.61 Å². The van der Waals surface area contributed by atoms with Crippen LogP contribution >= 0.6 is 0 Å². The quantitative estimate of drug-likeness (QED) is 0.598. The van der Waals surface area contributed by atoms with E-state index in [1.54, 1.807) is 12.1 Å². The van der Waals surface area contributed by atoms with Gasteiger partial charge in [0.2, 0.25) is 0 Å². The van der Waals surface area contributed by atoms with Crippen LogP contribution in [0.3, 0.4) is 0 Å². The molecule has 0 atom stereocenters. The number of hydrogen-bond acceptors (Lipinski definition) is 2. The molecule has 0 fully saturated rings. The van der Waals surface area contributed by atoms with Gasteiger partial charge in [0.25, 0.3) is 0 Å². The SMILES string of the molecule is CC(=O)c1cc(-c2ccccc2OCc2ccccc2)ccc1F. The van der Waals surface area contributed by atoms with Gasteiger partial charge in [-0.2, -0.15) is 0 Å². The lowest BCUT2D eigenvalue weighted by molar-refractivity contribution is 0.101. The van der Waals surface area contributed by atoms with E-state index in [1.807, 2.05) is 54.6 Å². The summed E-state index contributed by atoms with van der Waals surface area (Å²) in [4.78, 5) is 11.6. The van der Waals surface area contributed by atoms with Crippen molar-refractivity contribution in [1.82, 2.24) is 0 Å². The number of carbonyl (C=O) groups excluding carboxylic acids is 1. The van der Waals surface area contributed by atoms with E-state index in [0.717, 1.165) is 16.7 Å². The lowest BCUT2D eigenvalue weighted by Crippen LogP contribution is -1.99. The highest BCUT2D eigenvalue weighted by Crippen LogP contribution is 2.31. The van der Waals surface area contributed by atoms with Gasteiger partial charge in [0.15, 0.2) is 5.78 Å². The third-order valence-electron chi connectivity index (χ3n) is 3.78. The average Bonchev–Trinajstić information content (AvgIpc) is 2.61. The molecule has 3 rings (SSSR count). The Balaban J connectivity index is 1.92. The van der Waals surface area contributed by atoms with Crippen molar-refractivity contribution in [2.45, 2.75) is 13.5 Å². The molecule has 0 saturated carbocycles. The van der Waals surface area contributed by atoms with E-state index in [0.29, 0.717) is 12.4 Å². The molecule has 0 heterocycles. The normalized spacial score (nSPS) is 10.4. The molecule has 0 saturated heterocycles. The Morgan fingerprint density at radius 1 is 0.958 bits per heavy atom. The summed E-state index contributed by atoms with van der Waals surface area (Å²) in [6.45, 7) is 1.80. The van der Waals surface area contributed by atoms with E-state index in [1.165, 1.54) is 13.0 Å². The Bertz CT molecular complexity index is 857. The Labute approximate surface area is 140 Å². The number of carbonyl (C=O) groups is 1. The molecule has 0 bridgehead atoms. The first-order valence-corrected chi connectivity index (χ1v) is 7.72. The molecule has 0 radical (unpaired) electrons. The van der Waals surface area contributed by atoms with Crippen LogP contribution < -0.4 is 4.74 Å². The van der Waals surface area contributed by atoms with Crippen molar-refractivity contribution < 1.29 is 13.9 Å². The first-order chi connectivity index (χ1) is 11.6. The van der Waals surface area contributed by atoms with Crippen LogP contribution in [0.15, 0.2) is 72.8 Å². The highest BCUT2D eigenvalue weighted by molar-refractivity contribution is 5.95. The van der Waals surface area contributed by atoms with Crippen molar-refractivity contribution in [1.29, 1.82) is 0 Å². The summed E-state index contributed by atoms with van der Waals surface area (Å²) in [6.07, 6.45) is 0. The predicted octanol–water partition coefficient (Wildman–Crippen LogP) is 5.27. The zero-order chi connectivity index (χ0) is 16.9. The Kier molecular flexibility index (Phi) is 4.71. The molecule has 3 heteroatoms. The molecule has 0 amide bonds. The summed E-state index contributed by atoms with van der Waals surface area (Å²) in [7, 11) is 0. The number of benzene rings is 3. The van der Waals surface area contributed by atoms with Crippen LogP contribution in [0.2, 0.25) is 0 Å². The van der Waals surface area contributed by atoms with E-state index in [9.17, 15) is 9.18 Å². The maximum atomic E-state index is 13.8. The molecule has 2 nitrogen and oxygen atoms in total. The van der Waals surface area contributed by atoms with Crippen molar-refractivity contribution in [2.24, 2.45) is 0 Å². The highest BCUT2D eigenvalue weighted by atomic mass is 19.1. The van der Waals surface area contributed by atoms with Gasteiger partial charge < -0.3 is 4.74 Å². The first-order valence-electron chi connectivity index (χ1n) is 7.72. The third-order valence-corrected chi connectivity index (χ3v) is 3.78. The third kappa shape index (κ3) is 3.51. The molecule has 0 unspecified atom stereocenters. The highest BCUT2D eigenvalue weighted by Gasteiger charge is 2.12. The van der Waals surface area contributed by atoms with Crippen molar-refractivity contribution in [3.8, 4) is 16.9 Å². The van der Waals surface area contributed by atoms with Gasteiger partial charge in [0.1, 0.15) is 18.2 Å². The number of rotatable bonds is 5. The van der Waals surface area contributed by atoms with Crippen LogP contribution in [-0.4, -0.2) is 5.78 Å². The van der Waals surface area contributed by atoms with E-state index in [4.69, 9.17) is 4.74 Å². The fourth-order valence-corrected chi connectivity index (χ4v) is 2.53. The summed E-state index contributed by atoms with van der Waals surface area (Å²) in [5.41, 5.74) is 2.74. The minimum atomic E-state index is -0.506. The van der Waals surface area contributed by atoms with Gasteiger partial charge in [-0.05, 0) is 36.2 Å². The monoisotopic (exact) mass is 320 g/mol. The molecule has 24 heavy (non-hydrogen) atoms. The van der Waals surface area contributed by atoms with E-state index in [2.05, 4.69) is 0 Å². The Hall–Kier alpha value is -2.94. The zero-order valence-electron chi connectivity index (χ0n) is 13.3. The van der Waals surface area contributed by atoms with Crippen LogP contribution in [0.5, 0.6) is 5.75 Å². The topological polar surface area (TPSA) is 26.3 Å². The van der Waals surface area contributed by atoms with E-state index < -0.39 is 5.82 Å². The fraction of sp³-hybridized carbons (Fsp3) is 0.0952. The van der Waals surface area contributed by atoms with Gasteiger partial charge in [-0.3, -0.25) is 4.79 Å². The van der Waals surface area contributed by atoms with Gasteiger partial charge in [-0.15, -0.1) is 0 Å². The van der Waals surface area contributed by atoms with Crippen molar-refractivity contribution >= 4 is 5.78 Å². The minimum Gasteiger partial charge on any atom is -0.488 e. The number of Topliss-reactive ketones (excluding diaryl/α,β-unsaturated/α-hetero) is 1. The van der Waals surface area contributed by atoms with Gasteiger partial charge in [0.05, 0.1) is 5.56 Å². The lowest BCUT2D eigenvalue weighted by Gasteiger charge is -2.12. The number of halogens is 1. The number of ether oxygens (including phenoxy) is 1. The summed E-state index contributed by atoms with van der Waals surface area (Å²) in [5.74, 6) is -0.103. The first kappa shape index (κ1) is 15.9. The van der Waals surface area contributed by atoms with E-state index in [-0.39, 0.29) is 11.3 Å². The number of ketones is 1. The van der Waals surface area contributed by atoms with Crippen LogP contribution in [0, 0.1) is 5.82 Å². The number of hydrogen-bond donors (Lipinski definition) is 0. The van der Waals surface area contributed by atoms with Gasteiger partial charge in [-0.25, -0.2) is 4.39 Å². The standard InChI is InChI=1S/C21H17FO2/c1-15(23)19-13-17(11-12-20(19)22)18-9-5-6-10-21(18)24-14-16-7-3-2-4-8-16/h2-13H,14H2,1H3. The van der Waals surface area contributed by atoms with Gasteiger partial charge >= 0.3 is 0 Å². The maximum absolute atomic E-state index is 13.8. The van der Waals surface area contributed by atoms with Crippen molar-refractivity contribution in [2.75, 3.05) is 0 Å². The van der Waals surface area contributed by atoms with Crippen LogP contribution in [0.4, 0.5) is 4.39 Å².